The van der Waals surface area contributed by atoms with Gasteiger partial charge in [0.25, 0.3) is 0 Å². The van der Waals surface area contributed by atoms with E-state index < -0.39 is 31.7 Å². The standard InChI is InChI=1S/C16H17ClF3N5O3S/c17-14-2-1-12(9-13(14)16(18,19)20)29(27,28)25-7-5-23(6-8-25)15(26)3-4-24-11-21-10-22-24/h1-2,9-11H,3-8H2. The zero-order chi connectivity index (χ0) is 21.2. The van der Waals surface area contributed by atoms with Crippen LogP contribution in [0.5, 0.6) is 0 Å². The summed E-state index contributed by atoms with van der Waals surface area (Å²) >= 11 is 5.55. The average molecular weight is 452 g/mol. The lowest BCUT2D eigenvalue weighted by Crippen LogP contribution is -2.50. The summed E-state index contributed by atoms with van der Waals surface area (Å²) in [5.41, 5.74) is -1.21. The first-order chi connectivity index (χ1) is 13.6. The molecule has 0 spiro atoms. The van der Waals surface area contributed by atoms with Crippen molar-refractivity contribution >= 4 is 27.5 Å². The number of piperazine rings is 1. The molecule has 0 N–H and O–H groups in total. The minimum atomic E-state index is -4.77. The number of carbonyl (C=O) groups excluding carboxylic acids is 1. The summed E-state index contributed by atoms with van der Waals surface area (Å²) in [5, 5.41) is 3.33. The Morgan fingerprint density at radius 2 is 1.86 bits per heavy atom. The predicted molar refractivity (Wildman–Crippen MR) is 96.4 cm³/mol. The number of benzene rings is 1. The fourth-order valence-electron chi connectivity index (χ4n) is 2.93. The Balaban J connectivity index is 1.64. The molecule has 1 fully saturated rings. The second-order valence-corrected chi connectivity index (χ2v) is 8.68. The van der Waals surface area contributed by atoms with Crippen molar-refractivity contribution in [1.82, 2.24) is 24.0 Å². The number of amides is 1. The molecule has 0 unspecified atom stereocenters. The van der Waals surface area contributed by atoms with Gasteiger partial charge in [-0.3, -0.25) is 9.48 Å². The van der Waals surface area contributed by atoms with Gasteiger partial charge < -0.3 is 4.90 Å². The van der Waals surface area contributed by atoms with Crippen LogP contribution in [-0.2, 0) is 27.5 Å². The van der Waals surface area contributed by atoms with Crippen LogP contribution in [0.4, 0.5) is 13.2 Å². The Morgan fingerprint density at radius 1 is 1.17 bits per heavy atom. The van der Waals surface area contributed by atoms with Crippen LogP contribution in [0.3, 0.4) is 0 Å². The highest BCUT2D eigenvalue weighted by Crippen LogP contribution is 2.36. The second-order valence-electron chi connectivity index (χ2n) is 6.33. The largest absolute Gasteiger partial charge is 0.417 e. The van der Waals surface area contributed by atoms with Gasteiger partial charge in [0.1, 0.15) is 12.7 Å². The number of rotatable bonds is 5. The molecule has 1 amide bonds. The van der Waals surface area contributed by atoms with E-state index in [1.807, 2.05) is 0 Å². The monoisotopic (exact) mass is 451 g/mol. The third kappa shape index (κ3) is 4.87. The van der Waals surface area contributed by atoms with Crippen molar-refractivity contribution < 1.29 is 26.4 Å². The first kappa shape index (κ1) is 21.5. The summed E-state index contributed by atoms with van der Waals surface area (Å²) in [6.07, 6.45) is -1.74. The van der Waals surface area contributed by atoms with Crippen molar-refractivity contribution in [3.63, 3.8) is 0 Å². The fraction of sp³-hybridized carbons (Fsp3) is 0.438. The van der Waals surface area contributed by atoms with Gasteiger partial charge in [-0.1, -0.05) is 11.6 Å². The number of hydrogen-bond donors (Lipinski definition) is 0. The van der Waals surface area contributed by atoms with Gasteiger partial charge in [-0.25, -0.2) is 13.4 Å². The summed E-state index contributed by atoms with van der Waals surface area (Å²) in [7, 11) is -4.14. The van der Waals surface area contributed by atoms with E-state index in [0.29, 0.717) is 12.6 Å². The maximum Gasteiger partial charge on any atom is 0.417 e. The number of aromatic nitrogens is 3. The zero-order valence-electron chi connectivity index (χ0n) is 15.0. The van der Waals surface area contributed by atoms with E-state index in [4.69, 9.17) is 11.6 Å². The van der Waals surface area contributed by atoms with Crippen LogP contribution >= 0.6 is 11.6 Å². The van der Waals surface area contributed by atoms with Gasteiger partial charge in [0.15, 0.2) is 0 Å². The van der Waals surface area contributed by atoms with Crippen LogP contribution in [0.1, 0.15) is 12.0 Å². The molecule has 8 nitrogen and oxygen atoms in total. The number of halogens is 4. The van der Waals surface area contributed by atoms with Crippen molar-refractivity contribution in [1.29, 1.82) is 0 Å². The van der Waals surface area contributed by atoms with Crippen LogP contribution < -0.4 is 0 Å². The Hall–Kier alpha value is -2.18. The highest BCUT2D eigenvalue weighted by atomic mass is 35.5. The van der Waals surface area contributed by atoms with E-state index in [0.717, 1.165) is 16.4 Å². The van der Waals surface area contributed by atoms with Gasteiger partial charge in [0.05, 0.1) is 22.0 Å². The summed E-state index contributed by atoms with van der Waals surface area (Å²) < 4.78 is 67.1. The highest BCUT2D eigenvalue weighted by molar-refractivity contribution is 7.89. The third-order valence-corrected chi connectivity index (χ3v) is 6.72. The van der Waals surface area contributed by atoms with Crippen molar-refractivity contribution in [3.8, 4) is 0 Å². The molecule has 2 heterocycles. The Morgan fingerprint density at radius 3 is 2.45 bits per heavy atom. The fourth-order valence-corrected chi connectivity index (χ4v) is 4.60. The number of carbonyl (C=O) groups is 1. The van der Waals surface area contributed by atoms with E-state index in [2.05, 4.69) is 10.1 Å². The number of hydrogen-bond acceptors (Lipinski definition) is 5. The van der Waals surface area contributed by atoms with Crippen LogP contribution in [0.15, 0.2) is 35.7 Å². The molecule has 1 aliphatic rings. The molecule has 1 aromatic carbocycles. The lowest BCUT2D eigenvalue weighted by Gasteiger charge is -2.34. The molecule has 2 aromatic rings. The van der Waals surface area contributed by atoms with Crippen molar-refractivity contribution in [2.75, 3.05) is 26.2 Å². The van der Waals surface area contributed by atoms with Gasteiger partial charge >= 0.3 is 6.18 Å². The molecule has 158 valence electrons. The van der Waals surface area contributed by atoms with Gasteiger partial charge in [0, 0.05) is 32.6 Å². The molecule has 0 aliphatic carbocycles. The molecule has 0 bridgehead atoms. The quantitative estimate of drug-likeness (QED) is 0.692. The van der Waals surface area contributed by atoms with Crippen molar-refractivity contribution in [2.45, 2.75) is 24.0 Å². The van der Waals surface area contributed by atoms with E-state index in [-0.39, 0.29) is 38.5 Å². The summed E-state index contributed by atoms with van der Waals surface area (Å²) in [5.74, 6) is -0.164. The Labute approximate surface area is 169 Å². The molecule has 0 saturated carbocycles. The Bertz CT molecular complexity index is 974. The molecule has 0 atom stereocenters. The maximum atomic E-state index is 13.0. The van der Waals surface area contributed by atoms with Gasteiger partial charge in [-0.15, -0.1) is 0 Å². The van der Waals surface area contributed by atoms with E-state index in [1.54, 1.807) is 0 Å². The lowest BCUT2D eigenvalue weighted by molar-refractivity contribution is -0.137. The van der Waals surface area contributed by atoms with Crippen LogP contribution in [0.25, 0.3) is 0 Å². The van der Waals surface area contributed by atoms with Gasteiger partial charge in [-0.05, 0) is 18.2 Å². The first-order valence-electron chi connectivity index (χ1n) is 8.56. The zero-order valence-corrected chi connectivity index (χ0v) is 16.6. The summed E-state index contributed by atoms with van der Waals surface area (Å²) in [6.45, 7) is 0.620. The molecule has 1 aliphatic heterocycles. The smallest absolute Gasteiger partial charge is 0.340 e. The molecule has 1 saturated heterocycles. The SMILES string of the molecule is O=C(CCn1cncn1)N1CCN(S(=O)(=O)c2ccc(Cl)c(C(F)(F)F)c2)CC1. The number of alkyl halides is 3. The summed E-state index contributed by atoms with van der Waals surface area (Å²) in [4.78, 5) is 17.1. The normalized spacial score (nSPS) is 16.2. The van der Waals surface area contributed by atoms with Gasteiger partial charge in [-0.2, -0.15) is 22.6 Å². The number of aryl methyl sites for hydroxylation is 1. The Kier molecular flexibility index (Phi) is 6.15. The molecule has 13 heteroatoms. The number of sulfonamides is 1. The van der Waals surface area contributed by atoms with Crippen LogP contribution in [0, 0.1) is 0 Å². The third-order valence-electron chi connectivity index (χ3n) is 4.49. The highest BCUT2D eigenvalue weighted by Gasteiger charge is 2.36. The molecular weight excluding hydrogens is 435 g/mol. The van der Waals surface area contributed by atoms with E-state index >= 15 is 0 Å². The predicted octanol–water partition coefficient (Wildman–Crippen LogP) is 1.87. The summed E-state index contributed by atoms with van der Waals surface area (Å²) in [6, 6.07) is 2.50. The topological polar surface area (TPSA) is 88.4 Å². The maximum absolute atomic E-state index is 13.0. The lowest BCUT2D eigenvalue weighted by atomic mass is 10.2. The average Bonchev–Trinajstić information content (AvgIpc) is 3.19. The molecule has 29 heavy (non-hydrogen) atoms. The van der Waals surface area contributed by atoms with Gasteiger partial charge in [0.2, 0.25) is 15.9 Å². The van der Waals surface area contributed by atoms with Crippen LogP contribution in [-0.4, -0.2) is 64.5 Å². The first-order valence-corrected chi connectivity index (χ1v) is 10.4. The second kappa shape index (κ2) is 8.28. The van der Waals surface area contributed by atoms with E-state index in [1.165, 1.54) is 22.2 Å². The van der Waals surface area contributed by atoms with E-state index in [9.17, 15) is 26.4 Å². The molecule has 1 aromatic heterocycles. The van der Waals surface area contributed by atoms with Crippen LogP contribution in [0.2, 0.25) is 5.02 Å². The minimum Gasteiger partial charge on any atom is -0.340 e. The minimum absolute atomic E-state index is 0.0125. The molecular formula is C16H17ClF3N5O3S. The molecule has 0 radical (unpaired) electrons. The molecule has 3 rings (SSSR count). The van der Waals surface area contributed by atoms with Crippen molar-refractivity contribution in [3.05, 3.63) is 41.4 Å². The van der Waals surface area contributed by atoms with Crippen molar-refractivity contribution in [2.24, 2.45) is 0 Å². The number of nitrogens with zero attached hydrogens (tertiary/aromatic N) is 5.